The molecule has 6 fully saturated rings. The van der Waals surface area contributed by atoms with E-state index in [-0.39, 0.29) is 36.6 Å². The molecule has 6 aliphatic rings. The van der Waals surface area contributed by atoms with Crippen molar-refractivity contribution in [3.05, 3.63) is 65.4 Å². The van der Waals surface area contributed by atoms with Gasteiger partial charge in [0.25, 0.3) is 0 Å². The minimum Gasteiger partial charge on any atom is -0.504 e. The average molecular weight is 1410 g/mol. The predicted octanol–water partition coefficient (Wildman–Crippen LogP) is -1.71. The van der Waals surface area contributed by atoms with E-state index in [1.165, 1.54) is 44.4 Å². The Morgan fingerprint density at radius 2 is 1.42 bits per heavy atom. The quantitative estimate of drug-likeness (QED) is 0.0465. The Labute approximate surface area is 569 Å². The summed E-state index contributed by atoms with van der Waals surface area (Å²) in [6.45, 7) is 3.90. The number of benzene rings is 2. The highest BCUT2D eigenvalue weighted by molar-refractivity contribution is 7.81. The van der Waals surface area contributed by atoms with Crippen LogP contribution in [0.5, 0.6) is 11.5 Å². The number of nitrogens with zero attached hydrogens (tertiary/aromatic N) is 7. The molecular weight excluding hydrogens is 1320 g/mol. The van der Waals surface area contributed by atoms with Crippen LogP contribution in [0.3, 0.4) is 0 Å². The van der Waals surface area contributed by atoms with E-state index in [0.29, 0.717) is 18.8 Å². The molecule has 534 valence electrons. The summed E-state index contributed by atoms with van der Waals surface area (Å²) in [7, 11) is -5.22. The summed E-state index contributed by atoms with van der Waals surface area (Å²) in [6.07, 6.45) is -0.722. The number of amides is 7. The molecule has 2 aromatic carbocycles. The van der Waals surface area contributed by atoms with Gasteiger partial charge in [-0.25, -0.2) is 9.97 Å². The van der Waals surface area contributed by atoms with Gasteiger partial charge in [-0.05, 0) is 106 Å². The van der Waals surface area contributed by atoms with E-state index in [0.717, 1.165) is 106 Å². The molecule has 4 saturated heterocycles. The number of aliphatic hydroxyl groups is 6. The summed E-state index contributed by atoms with van der Waals surface area (Å²) in [5.74, 6) is -9.17. The van der Waals surface area contributed by atoms with Crippen molar-refractivity contribution in [2.75, 3.05) is 50.8 Å². The van der Waals surface area contributed by atoms with Crippen molar-refractivity contribution in [3.8, 4) is 33.2 Å². The number of hydrogen-bond acceptors (Lipinski definition) is 25. The molecule has 4 aliphatic heterocycles. The van der Waals surface area contributed by atoms with Gasteiger partial charge < -0.3 is 91.7 Å². The van der Waals surface area contributed by atoms with E-state index in [1.807, 2.05) is 36.7 Å². The van der Waals surface area contributed by atoms with Crippen molar-refractivity contribution < 1.29 is 91.2 Å². The number of aromatic nitrogens is 4. The lowest BCUT2D eigenvalue weighted by Gasteiger charge is -2.34. The van der Waals surface area contributed by atoms with Crippen LogP contribution in [-0.4, -0.2) is 245 Å². The normalized spacial score (nSPS) is 28.6. The summed E-state index contributed by atoms with van der Waals surface area (Å²) in [4.78, 5) is 113. The van der Waals surface area contributed by atoms with Gasteiger partial charge in [-0.3, -0.25) is 38.1 Å². The number of rotatable bonds is 19. The maximum atomic E-state index is 14.7. The lowest BCUT2D eigenvalue weighted by Crippen LogP contribution is -2.64. The number of carbonyl (C=O) groups is 7. The first-order valence-corrected chi connectivity index (χ1v) is 35.4. The molecule has 10 rings (SSSR count). The monoisotopic (exact) mass is 1410 g/mol. The van der Waals surface area contributed by atoms with Crippen molar-refractivity contribution in [1.82, 2.24) is 56.5 Å². The van der Waals surface area contributed by atoms with Gasteiger partial charge in [-0.2, -0.15) is 8.42 Å². The second kappa shape index (κ2) is 32.1. The van der Waals surface area contributed by atoms with Crippen molar-refractivity contribution >= 4 is 69.0 Å². The Balaban J connectivity index is 0.828. The molecule has 7 amide bonds. The fraction of sp³-hybridized carbons (Fsp3) is 0.609. The van der Waals surface area contributed by atoms with Gasteiger partial charge in [0.15, 0.2) is 11.5 Å². The summed E-state index contributed by atoms with van der Waals surface area (Å²) >= 11 is 1.51. The number of piperidine rings is 1. The largest absolute Gasteiger partial charge is 0.504 e. The third-order valence-electron chi connectivity index (χ3n) is 19.4. The smallest absolute Gasteiger partial charge is 0.446 e. The maximum absolute atomic E-state index is 14.7. The fourth-order valence-electron chi connectivity index (χ4n) is 13.6. The number of nitrogens with two attached hydrogens (primary N) is 1. The van der Waals surface area contributed by atoms with Crippen molar-refractivity contribution in [1.29, 1.82) is 0 Å². The van der Waals surface area contributed by atoms with Crippen LogP contribution in [0.25, 0.3) is 21.7 Å². The summed E-state index contributed by atoms with van der Waals surface area (Å²) < 4.78 is 43.1. The van der Waals surface area contributed by atoms with E-state index in [9.17, 15) is 82.3 Å². The van der Waals surface area contributed by atoms with Crippen LogP contribution in [0.2, 0.25) is 0 Å². The molecule has 4 aromatic rings. The van der Waals surface area contributed by atoms with Gasteiger partial charge in [0.1, 0.15) is 40.2 Å². The van der Waals surface area contributed by atoms with Gasteiger partial charge in [0, 0.05) is 87.5 Å². The predicted molar refractivity (Wildman–Crippen MR) is 349 cm³/mol. The van der Waals surface area contributed by atoms with E-state index in [4.69, 9.17) is 20.4 Å². The Morgan fingerprint density at radius 1 is 0.755 bits per heavy atom. The topological polar surface area (TPSA) is 481 Å². The standard InChI is InChI=1S/C64H87N13O19S2/c1-32-29-77-54(55(32)85)59(89)67-28-41(79)22-44(66-25-34-6-9-38(10-7-34)60-73-74-61(97-60)39-13-11-37(12-14-39)40-26-68-64(69-27-40)75-18-16-43(17-19-75)95-31-35-4-3-5-35)56(86)70-51(33(2)78)62(90)76-30-42(80)23-45(76)57(87)71-52(58(88)72-53(63(77)91)48(83)24-50(65)84)47(82)20-36-8-15-46(81)49(21-36)96-98(92,93)94/h8,11-15,21,26-27,32-35,38,41-45,47-48,51-55,66,78-83,85H,3-7,9-10,16-20,22-25,28-31H2,1-2H3,(H2,65,84)(H,67,89)(H,70,86)(H,71,87)(H,72,88)(H,92,93,94)/t32-,33+,34?,38?,41+,42+,44-,45-,47+,48+,51-,52-,53-,54-,55-/m0/s1. The van der Waals surface area contributed by atoms with Gasteiger partial charge in [-0.1, -0.05) is 55.0 Å². The summed E-state index contributed by atoms with van der Waals surface area (Å²) in [5.41, 5.74) is 8.05. The highest BCUT2D eigenvalue weighted by Crippen LogP contribution is 2.39. The number of primary amides is 1. The number of ether oxygens (including phenoxy) is 1. The molecule has 13 atom stereocenters. The Kier molecular flexibility index (Phi) is 24.0. The van der Waals surface area contributed by atoms with E-state index >= 15 is 0 Å². The Morgan fingerprint density at radius 3 is 2.07 bits per heavy atom. The number of phenolic OH excluding ortho intramolecular Hbond substituents is 1. The number of fused-ring (bicyclic) bond motifs is 2. The molecule has 2 saturated carbocycles. The fourth-order valence-corrected chi connectivity index (χ4v) is 14.9. The first-order chi connectivity index (χ1) is 46.7. The minimum absolute atomic E-state index is 0.0206. The van der Waals surface area contributed by atoms with Gasteiger partial charge in [0.05, 0.1) is 55.2 Å². The van der Waals surface area contributed by atoms with Crippen LogP contribution >= 0.6 is 11.3 Å². The van der Waals surface area contributed by atoms with Gasteiger partial charge >= 0.3 is 10.4 Å². The second-order valence-electron chi connectivity index (χ2n) is 26.7. The summed E-state index contributed by atoms with van der Waals surface area (Å²) in [5, 5.41) is 102. The van der Waals surface area contributed by atoms with Crippen LogP contribution in [0.4, 0.5) is 5.95 Å². The third kappa shape index (κ3) is 18.2. The molecule has 2 aliphatic carbocycles. The number of hydrogen-bond donors (Lipinski definition) is 14. The number of phenols is 1. The molecule has 0 radical (unpaired) electrons. The summed E-state index contributed by atoms with van der Waals surface area (Å²) in [6, 6.07) is -0.249. The molecular formula is C64H87N13O19S2. The van der Waals surface area contributed by atoms with Crippen molar-refractivity contribution in [2.24, 2.45) is 23.5 Å². The molecule has 98 heavy (non-hydrogen) atoms. The lowest BCUT2D eigenvalue weighted by molar-refractivity contribution is -0.147. The maximum Gasteiger partial charge on any atom is 0.446 e. The molecule has 2 aromatic heterocycles. The van der Waals surface area contributed by atoms with Gasteiger partial charge in [0.2, 0.25) is 47.3 Å². The highest BCUT2D eigenvalue weighted by atomic mass is 32.3. The number of β-amino-alcohol motifs (C(OH)–C–C–N with tert-alkyl or cyclic N) is 1. The van der Waals surface area contributed by atoms with Gasteiger partial charge in [-0.15, -0.1) is 10.2 Å². The molecule has 0 bridgehead atoms. The molecule has 15 N–H and O–H groups in total. The highest BCUT2D eigenvalue weighted by Gasteiger charge is 2.50. The van der Waals surface area contributed by atoms with Crippen LogP contribution in [0.1, 0.15) is 107 Å². The van der Waals surface area contributed by atoms with Crippen molar-refractivity contribution in [3.63, 3.8) is 0 Å². The lowest BCUT2D eigenvalue weighted by atomic mass is 9.82. The molecule has 0 spiro atoms. The second-order valence-corrected chi connectivity index (χ2v) is 28.8. The first kappa shape index (κ1) is 73.1. The number of carbonyl (C=O) groups excluding carboxylic acids is 7. The number of aromatic hydroxyl groups is 1. The zero-order valence-corrected chi connectivity index (χ0v) is 55.9. The molecule has 0 unspecified atom stereocenters. The van der Waals surface area contributed by atoms with Crippen LogP contribution < -0.4 is 41.4 Å². The first-order valence-electron chi connectivity index (χ1n) is 33.2. The molecule has 32 nitrogen and oxygen atoms in total. The Hall–Kier alpha value is -7.64. The van der Waals surface area contributed by atoms with Crippen LogP contribution in [0, 0.1) is 17.8 Å². The van der Waals surface area contributed by atoms with E-state index in [2.05, 4.69) is 45.9 Å². The number of aliphatic hydroxyl groups excluding tert-OH is 6. The number of anilines is 1. The van der Waals surface area contributed by atoms with E-state index in [1.54, 1.807) is 0 Å². The zero-order valence-electron chi connectivity index (χ0n) is 54.2. The SMILES string of the molecule is C[C@@H](O)[C@@H]1NC(=O)[C@@H](NCC2CCC(c3nnc(-c4ccc(-c5cnc(N6CCC(OCC7CCC7)CC6)nc5)cc4)s3)CC2)C[C@@H](O)CNC(=O)[C@@H]2[C@@H](O)[C@@H](C)CN2C(=O)[C@H]([C@H](O)CC(N)=O)NC(=O)[C@H]([C@H](O)Cc2ccc(O)c(OS(=O)(=O)O)c2)NC(=O)[C@@H]2C[C@@H](O)CN2C1=O. The molecule has 6 heterocycles. The molecule has 34 heteroatoms. The minimum atomic E-state index is -5.22. The van der Waals surface area contributed by atoms with Crippen molar-refractivity contribution in [2.45, 2.75) is 182 Å². The number of nitrogens with one attached hydrogen (secondary N) is 5. The van der Waals surface area contributed by atoms with Crippen LogP contribution in [-0.2, 0) is 55.1 Å². The van der Waals surface area contributed by atoms with E-state index < -0.39 is 181 Å². The zero-order chi connectivity index (χ0) is 70.3. The third-order valence-corrected chi connectivity index (χ3v) is 20.9. The Bertz CT molecular complexity index is 3590. The van der Waals surface area contributed by atoms with Crippen LogP contribution in [0.15, 0.2) is 54.9 Å². The average Bonchev–Trinajstić information content (AvgIpc) is 1.64.